The molecule has 0 aliphatic heterocycles. The molecule has 1 aromatic heterocycles. The Kier molecular flexibility index (Phi) is 3.43. The zero-order valence-corrected chi connectivity index (χ0v) is 11.5. The maximum atomic E-state index is 10.7. The van der Waals surface area contributed by atoms with Crippen molar-refractivity contribution in [3.05, 3.63) is 58.0 Å². The number of furan rings is 1. The Hall–Kier alpha value is -2.63. The molecular weight excluding hydrogens is 270 g/mol. The monoisotopic (exact) mass is 285 g/mol. The third-order valence-electron chi connectivity index (χ3n) is 3.56. The first-order valence-electron chi connectivity index (χ1n) is 6.77. The first-order valence-corrected chi connectivity index (χ1v) is 6.77. The summed E-state index contributed by atoms with van der Waals surface area (Å²) in [5.74, 6) is 2.90. The van der Waals surface area contributed by atoms with Crippen molar-refractivity contribution in [3.8, 4) is 0 Å². The van der Waals surface area contributed by atoms with Crippen LogP contribution in [0.2, 0.25) is 0 Å². The van der Waals surface area contributed by atoms with E-state index in [1.165, 1.54) is 18.6 Å². The summed E-state index contributed by atoms with van der Waals surface area (Å²) in [6.07, 6.45) is 2.74. The normalized spacial score (nSPS) is 20.6. The van der Waals surface area contributed by atoms with Gasteiger partial charge < -0.3 is 4.42 Å². The highest BCUT2D eigenvalue weighted by molar-refractivity contribution is 5.76. The summed E-state index contributed by atoms with van der Waals surface area (Å²) in [7, 11) is 0. The number of non-ortho nitro benzene ring substituents is 1. The van der Waals surface area contributed by atoms with Gasteiger partial charge in [0.05, 0.1) is 16.8 Å². The Labute approximate surface area is 121 Å². The highest BCUT2D eigenvalue weighted by Gasteiger charge is 2.36. The molecule has 108 valence electrons. The molecule has 1 heterocycles. The molecule has 3 rings (SSSR count). The van der Waals surface area contributed by atoms with Crippen LogP contribution in [0.5, 0.6) is 0 Å². The fraction of sp³-hybridized carbons (Fsp3) is 0.267. The van der Waals surface area contributed by atoms with Crippen LogP contribution in [0.3, 0.4) is 0 Å². The Morgan fingerprint density at radius 2 is 2.24 bits per heavy atom. The average molecular weight is 285 g/mol. The molecule has 1 aromatic carbocycles. The third-order valence-corrected chi connectivity index (χ3v) is 3.56. The van der Waals surface area contributed by atoms with E-state index in [4.69, 9.17) is 4.42 Å². The summed E-state index contributed by atoms with van der Waals surface area (Å²) in [6.45, 7) is 2.20. The standard InChI is InChI=1S/C15H15N3O3/c1-10-7-14(10)15-6-5-13(21-15)9-16-17-11-3-2-4-12(8-11)18(19)20/h2-6,8-10,14,17H,7H2,1H3/b16-9-/t10-,14-/m1/s1. The largest absolute Gasteiger partial charge is 0.460 e. The zero-order valence-electron chi connectivity index (χ0n) is 11.5. The van der Waals surface area contributed by atoms with E-state index in [2.05, 4.69) is 17.5 Å². The number of nitro groups is 1. The van der Waals surface area contributed by atoms with Crippen LogP contribution in [0.15, 0.2) is 45.9 Å². The second-order valence-electron chi connectivity index (χ2n) is 5.24. The fourth-order valence-electron chi connectivity index (χ4n) is 2.22. The number of rotatable bonds is 5. The molecule has 0 unspecified atom stereocenters. The van der Waals surface area contributed by atoms with E-state index in [1.807, 2.05) is 12.1 Å². The van der Waals surface area contributed by atoms with Crippen LogP contribution in [0.1, 0.15) is 30.8 Å². The number of benzene rings is 1. The molecule has 0 bridgehead atoms. The van der Waals surface area contributed by atoms with E-state index in [0.717, 1.165) is 5.76 Å². The van der Waals surface area contributed by atoms with Crippen LogP contribution in [0.4, 0.5) is 11.4 Å². The van der Waals surface area contributed by atoms with Gasteiger partial charge in [-0.05, 0) is 30.5 Å². The summed E-state index contributed by atoms with van der Waals surface area (Å²) in [5.41, 5.74) is 3.34. The number of nitrogens with one attached hydrogen (secondary N) is 1. The van der Waals surface area contributed by atoms with Gasteiger partial charge in [0.15, 0.2) is 0 Å². The molecule has 0 spiro atoms. The van der Waals surface area contributed by atoms with Crippen LogP contribution >= 0.6 is 0 Å². The number of anilines is 1. The number of hydrogen-bond acceptors (Lipinski definition) is 5. The highest BCUT2D eigenvalue weighted by atomic mass is 16.6. The average Bonchev–Trinajstić information content (AvgIpc) is 3.01. The molecule has 0 amide bonds. The Bertz CT molecular complexity index is 693. The number of hydrazone groups is 1. The number of hydrogen-bond donors (Lipinski definition) is 1. The second-order valence-corrected chi connectivity index (χ2v) is 5.24. The summed E-state index contributed by atoms with van der Waals surface area (Å²) in [4.78, 5) is 10.2. The Balaban J connectivity index is 1.63. The van der Waals surface area contributed by atoms with Crippen LogP contribution < -0.4 is 5.43 Å². The topological polar surface area (TPSA) is 80.7 Å². The smallest absolute Gasteiger partial charge is 0.271 e. The van der Waals surface area contributed by atoms with Crippen molar-refractivity contribution in [3.63, 3.8) is 0 Å². The number of nitro benzene ring substituents is 1. The summed E-state index contributed by atoms with van der Waals surface area (Å²) >= 11 is 0. The molecule has 1 N–H and O–H groups in total. The van der Waals surface area contributed by atoms with Crippen LogP contribution in [-0.4, -0.2) is 11.1 Å². The van der Waals surface area contributed by atoms with Crippen molar-refractivity contribution in [1.82, 2.24) is 0 Å². The maximum Gasteiger partial charge on any atom is 0.271 e. The molecule has 1 fully saturated rings. The molecule has 2 aromatic rings. The van der Waals surface area contributed by atoms with Gasteiger partial charge in [-0.25, -0.2) is 0 Å². The predicted octanol–water partition coefficient (Wildman–Crippen LogP) is 3.76. The van der Waals surface area contributed by atoms with Crippen molar-refractivity contribution < 1.29 is 9.34 Å². The van der Waals surface area contributed by atoms with Gasteiger partial charge in [-0.1, -0.05) is 13.0 Å². The van der Waals surface area contributed by atoms with Crippen molar-refractivity contribution in [2.24, 2.45) is 11.0 Å². The van der Waals surface area contributed by atoms with Crippen molar-refractivity contribution in [1.29, 1.82) is 0 Å². The minimum Gasteiger partial charge on any atom is -0.460 e. The van der Waals surface area contributed by atoms with E-state index in [1.54, 1.807) is 18.3 Å². The maximum absolute atomic E-state index is 10.7. The zero-order chi connectivity index (χ0) is 14.8. The van der Waals surface area contributed by atoms with E-state index in [0.29, 0.717) is 23.3 Å². The molecule has 0 saturated heterocycles. The molecule has 1 aliphatic carbocycles. The lowest BCUT2D eigenvalue weighted by Crippen LogP contribution is -1.92. The van der Waals surface area contributed by atoms with Gasteiger partial charge in [0.1, 0.15) is 11.5 Å². The summed E-state index contributed by atoms with van der Waals surface area (Å²) in [5, 5.41) is 14.7. The first-order chi connectivity index (χ1) is 10.1. The quantitative estimate of drug-likeness (QED) is 0.515. The lowest BCUT2D eigenvalue weighted by Gasteiger charge is -1.98. The van der Waals surface area contributed by atoms with Gasteiger partial charge in [0, 0.05) is 18.1 Å². The molecule has 6 heteroatoms. The Morgan fingerprint density at radius 1 is 1.43 bits per heavy atom. The third kappa shape index (κ3) is 3.10. The molecule has 1 saturated carbocycles. The fourth-order valence-corrected chi connectivity index (χ4v) is 2.22. The van der Waals surface area contributed by atoms with Gasteiger partial charge in [-0.2, -0.15) is 5.10 Å². The van der Waals surface area contributed by atoms with Gasteiger partial charge in [0.2, 0.25) is 0 Å². The van der Waals surface area contributed by atoms with Crippen LogP contribution in [-0.2, 0) is 0 Å². The highest BCUT2D eigenvalue weighted by Crippen LogP contribution is 2.47. The van der Waals surface area contributed by atoms with Crippen molar-refractivity contribution in [2.45, 2.75) is 19.3 Å². The Morgan fingerprint density at radius 3 is 2.95 bits per heavy atom. The lowest BCUT2D eigenvalue weighted by molar-refractivity contribution is -0.384. The van der Waals surface area contributed by atoms with Crippen molar-refractivity contribution >= 4 is 17.6 Å². The first kappa shape index (κ1) is 13.4. The summed E-state index contributed by atoms with van der Waals surface area (Å²) < 4.78 is 5.68. The van der Waals surface area contributed by atoms with Gasteiger partial charge in [-0.3, -0.25) is 15.5 Å². The van der Waals surface area contributed by atoms with Gasteiger partial charge in [-0.15, -0.1) is 0 Å². The van der Waals surface area contributed by atoms with E-state index in [9.17, 15) is 10.1 Å². The van der Waals surface area contributed by atoms with Crippen LogP contribution in [0, 0.1) is 16.0 Å². The molecule has 21 heavy (non-hydrogen) atoms. The molecule has 0 radical (unpaired) electrons. The van der Waals surface area contributed by atoms with Gasteiger partial charge >= 0.3 is 0 Å². The van der Waals surface area contributed by atoms with Gasteiger partial charge in [0.25, 0.3) is 5.69 Å². The second kappa shape index (κ2) is 5.40. The molecule has 1 aliphatic rings. The minimum absolute atomic E-state index is 0.0261. The van der Waals surface area contributed by atoms with E-state index >= 15 is 0 Å². The van der Waals surface area contributed by atoms with E-state index in [-0.39, 0.29) is 5.69 Å². The SMILES string of the molecule is C[C@@H]1C[C@H]1c1ccc(/C=N\Nc2cccc([N+](=O)[O-])c2)o1. The lowest BCUT2D eigenvalue weighted by atomic mass is 10.3. The van der Waals surface area contributed by atoms with Crippen molar-refractivity contribution in [2.75, 3.05) is 5.43 Å². The predicted molar refractivity (Wildman–Crippen MR) is 79.5 cm³/mol. The molecule has 6 nitrogen and oxygen atoms in total. The number of nitrogens with zero attached hydrogens (tertiary/aromatic N) is 2. The minimum atomic E-state index is -0.440. The molecular formula is C15H15N3O3. The molecule has 2 atom stereocenters. The van der Waals surface area contributed by atoms with E-state index < -0.39 is 4.92 Å². The summed E-state index contributed by atoms with van der Waals surface area (Å²) in [6, 6.07) is 10.0. The van der Waals surface area contributed by atoms with Crippen LogP contribution in [0.25, 0.3) is 0 Å².